The third-order valence-electron chi connectivity index (χ3n) is 4.25. The van der Waals surface area contributed by atoms with Crippen LogP contribution in [0.1, 0.15) is 21.7 Å². The maximum atomic E-state index is 12.3. The molecule has 0 aliphatic carbocycles. The monoisotopic (exact) mass is 406 g/mol. The average Bonchev–Trinajstić information content (AvgIpc) is 3.43. The molecule has 2 heterocycles. The van der Waals surface area contributed by atoms with Gasteiger partial charge in [0.1, 0.15) is 29.3 Å². The molecule has 2 aromatic heterocycles. The van der Waals surface area contributed by atoms with Crippen LogP contribution in [0.3, 0.4) is 0 Å². The maximum Gasteiger partial charge on any atom is 0.358 e. The molecule has 0 aliphatic heterocycles. The van der Waals surface area contributed by atoms with E-state index >= 15 is 0 Å². The number of oxazole rings is 1. The molecule has 6 nitrogen and oxygen atoms in total. The second-order valence-corrected chi connectivity index (χ2v) is 7.21. The molecule has 0 saturated carbocycles. The van der Waals surface area contributed by atoms with Crippen LogP contribution in [0, 0.1) is 6.92 Å². The molecule has 0 N–H and O–H groups in total. The Hall–Kier alpha value is -3.45. The van der Waals surface area contributed by atoms with Gasteiger partial charge in [-0.3, -0.25) is 0 Å². The molecule has 4 rings (SSSR count). The first kappa shape index (κ1) is 18.9. The van der Waals surface area contributed by atoms with Crippen molar-refractivity contribution in [3.05, 3.63) is 77.1 Å². The van der Waals surface area contributed by atoms with Crippen molar-refractivity contribution in [2.45, 2.75) is 13.5 Å². The number of carbonyl (C=O) groups is 1. The van der Waals surface area contributed by atoms with E-state index in [1.165, 1.54) is 17.6 Å². The number of benzene rings is 2. The lowest BCUT2D eigenvalue weighted by Gasteiger charge is -2.01. The molecule has 146 valence electrons. The van der Waals surface area contributed by atoms with Crippen LogP contribution in [0.4, 0.5) is 0 Å². The summed E-state index contributed by atoms with van der Waals surface area (Å²) in [5, 5.41) is 2.42. The summed E-state index contributed by atoms with van der Waals surface area (Å²) in [6, 6.07) is 15.4. The smallest absolute Gasteiger partial charge is 0.358 e. The molecular formula is C22H18N2O4S. The highest BCUT2D eigenvalue weighted by molar-refractivity contribution is 7.13. The van der Waals surface area contributed by atoms with Gasteiger partial charge in [-0.05, 0) is 43.3 Å². The van der Waals surface area contributed by atoms with Gasteiger partial charge < -0.3 is 13.9 Å². The Bertz CT molecular complexity index is 1110. The van der Waals surface area contributed by atoms with Crippen LogP contribution < -0.4 is 4.74 Å². The second-order valence-electron chi connectivity index (χ2n) is 6.35. The quantitative estimate of drug-likeness (QED) is 0.413. The van der Waals surface area contributed by atoms with E-state index in [1.807, 2.05) is 55.5 Å². The molecule has 0 amide bonds. The molecule has 0 atom stereocenters. The zero-order chi connectivity index (χ0) is 20.2. The standard InChI is InChI=1S/C22H18N2O4S/c1-14-3-5-15(6-4-14)20-23-17(11-27-20)12-28-22(25)19-13-29-21(24-19)16-7-9-18(26-2)10-8-16/h3-11,13H,12H2,1-2H3. The number of methoxy groups -OCH3 is 1. The van der Waals surface area contributed by atoms with Gasteiger partial charge in [-0.25, -0.2) is 14.8 Å². The molecule has 0 bridgehead atoms. The van der Waals surface area contributed by atoms with Crippen LogP contribution in [0.15, 0.2) is 64.6 Å². The third-order valence-corrected chi connectivity index (χ3v) is 5.14. The molecule has 0 radical (unpaired) electrons. The zero-order valence-electron chi connectivity index (χ0n) is 15.9. The summed E-state index contributed by atoms with van der Waals surface area (Å²) in [6.45, 7) is 2.03. The van der Waals surface area contributed by atoms with Crippen molar-refractivity contribution in [2.75, 3.05) is 7.11 Å². The molecule has 0 saturated heterocycles. The van der Waals surface area contributed by atoms with E-state index in [0.29, 0.717) is 11.6 Å². The SMILES string of the molecule is COc1ccc(-c2nc(C(=O)OCc3coc(-c4ccc(C)cc4)n3)cs2)cc1. The first-order valence-corrected chi connectivity index (χ1v) is 9.79. The van der Waals surface area contributed by atoms with Gasteiger partial charge in [-0.1, -0.05) is 17.7 Å². The average molecular weight is 406 g/mol. The van der Waals surface area contributed by atoms with Crippen molar-refractivity contribution in [1.82, 2.24) is 9.97 Å². The minimum atomic E-state index is -0.499. The molecule has 7 heteroatoms. The van der Waals surface area contributed by atoms with Gasteiger partial charge in [-0.15, -0.1) is 11.3 Å². The number of hydrogen-bond acceptors (Lipinski definition) is 7. The van der Waals surface area contributed by atoms with Gasteiger partial charge in [0.05, 0.1) is 7.11 Å². The maximum absolute atomic E-state index is 12.3. The van der Waals surface area contributed by atoms with Gasteiger partial charge in [0.2, 0.25) is 5.89 Å². The highest BCUT2D eigenvalue weighted by atomic mass is 32.1. The van der Waals surface area contributed by atoms with Crippen molar-refractivity contribution in [2.24, 2.45) is 0 Å². The highest BCUT2D eigenvalue weighted by Crippen LogP contribution is 2.26. The fourth-order valence-electron chi connectivity index (χ4n) is 2.65. The largest absolute Gasteiger partial charge is 0.497 e. The fraction of sp³-hybridized carbons (Fsp3) is 0.136. The minimum Gasteiger partial charge on any atom is -0.497 e. The van der Waals surface area contributed by atoms with Gasteiger partial charge >= 0.3 is 5.97 Å². The van der Waals surface area contributed by atoms with Crippen molar-refractivity contribution in [1.29, 1.82) is 0 Å². The Morgan fingerprint density at radius 3 is 2.48 bits per heavy atom. The van der Waals surface area contributed by atoms with Crippen molar-refractivity contribution in [3.8, 4) is 27.8 Å². The van der Waals surface area contributed by atoms with Crippen molar-refractivity contribution in [3.63, 3.8) is 0 Å². The minimum absolute atomic E-state index is 0.0175. The number of aryl methyl sites for hydroxylation is 1. The first-order chi connectivity index (χ1) is 14.1. The number of nitrogens with zero attached hydrogens (tertiary/aromatic N) is 2. The summed E-state index contributed by atoms with van der Waals surface area (Å²) >= 11 is 1.38. The van der Waals surface area contributed by atoms with E-state index in [9.17, 15) is 4.79 Å². The van der Waals surface area contributed by atoms with Crippen molar-refractivity contribution < 1.29 is 18.7 Å². The highest BCUT2D eigenvalue weighted by Gasteiger charge is 2.15. The number of rotatable bonds is 6. The van der Waals surface area contributed by atoms with E-state index in [2.05, 4.69) is 9.97 Å². The molecule has 0 fully saturated rings. The Morgan fingerprint density at radius 1 is 1.03 bits per heavy atom. The van der Waals surface area contributed by atoms with E-state index in [1.54, 1.807) is 12.5 Å². The summed E-state index contributed by atoms with van der Waals surface area (Å²) < 4.78 is 16.0. The molecule has 0 unspecified atom stereocenters. The topological polar surface area (TPSA) is 74.5 Å². The van der Waals surface area contributed by atoms with Gasteiger partial charge in [-0.2, -0.15) is 0 Å². The number of carbonyl (C=O) groups excluding carboxylic acids is 1. The molecule has 29 heavy (non-hydrogen) atoms. The van der Waals surface area contributed by atoms with E-state index in [-0.39, 0.29) is 12.3 Å². The van der Waals surface area contributed by atoms with Gasteiger partial charge in [0.15, 0.2) is 5.69 Å². The second kappa shape index (κ2) is 8.28. The molecule has 2 aromatic carbocycles. The number of thiazole rings is 1. The molecular weight excluding hydrogens is 388 g/mol. The first-order valence-electron chi connectivity index (χ1n) is 8.91. The predicted molar refractivity (Wildman–Crippen MR) is 110 cm³/mol. The Labute approximate surface area is 171 Å². The van der Waals surface area contributed by atoms with E-state index in [0.717, 1.165) is 27.4 Å². The third kappa shape index (κ3) is 4.35. The van der Waals surface area contributed by atoms with E-state index in [4.69, 9.17) is 13.9 Å². The van der Waals surface area contributed by atoms with Gasteiger partial charge in [0, 0.05) is 16.5 Å². The lowest BCUT2D eigenvalue weighted by Crippen LogP contribution is -2.05. The zero-order valence-corrected chi connectivity index (χ0v) is 16.7. The number of aromatic nitrogens is 2. The number of esters is 1. The molecule has 0 spiro atoms. The van der Waals surface area contributed by atoms with Crippen LogP contribution in [0.25, 0.3) is 22.0 Å². The Morgan fingerprint density at radius 2 is 1.76 bits per heavy atom. The van der Waals surface area contributed by atoms with E-state index < -0.39 is 5.97 Å². The van der Waals surface area contributed by atoms with Crippen LogP contribution in [0.2, 0.25) is 0 Å². The van der Waals surface area contributed by atoms with Gasteiger partial charge in [0.25, 0.3) is 0 Å². The lowest BCUT2D eigenvalue weighted by molar-refractivity contribution is 0.0462. The van der Waals surface area contributed by atoms with Crippen LogP contribution in [-0.2, 0) is 11.3 Å². The normalized spacial score (nSPS) is 10.7. The number of hydrogen-bond donors (Lipinski definition) is 0. The summed E-state index contributed by atoms with van der Waals surface area (Å²) in [4.78, 5) is 21.1. The fourth-order valence-corrected chi connectivity index (χ4v) is 3.44. The molecule has 4 aromatic rings. The summed E-state index contributed by atoms with van der Waals surface area (Å²) in [5.41, 5.74) is 3.75. The summed E-state index contributed by atoms with van der Waals surface area (Å²) in [6.07, 6.45) is 1.49. The number of ether oxygens (including phenoxy) is 2. The van der Waals surface area contributed by atoms with Crippen LogP contribution in [0.5, 0.6) is 5.75 Å². The van der Waals surface area contributed by atoms with Crippen LogP contribution >= 0.6 is 11.3 Å². The molecule has 0 aliphatic rings. The van der Waals surface area contributed by atoms with Crippen molar-refractivity contribution >= 4 is 17.3 Å². The summed E-state index contributed by atoms with van der Waals surface area (Å²) in [7, 11) is 1.62. The predicted octanol–water partition coefficient (Wildman–Crippen LogP) is 5.14. The Balaban J connectivity index is 1.39. The lowest BCUT2D eigenvalue weighted by atomic mass is 10.1. The van der Waals surface area contributed by atoms with Crippen LogP contribution in [-0.4, -0.2) is 23.0 Å². The Kier molecular flexibility index (Phi) is 5.39. The summed E-state index contributed by atoms with van der Waals surface area (Å²) in [5.74, 6) is 0.759.